The van der Waals surface area contributed by atoms with Gasteiger partial charge in [-0.1, -0.05) is 12.1 Å². The molecule has 0 saturated heterocycles. The van der Waals surface area contributed by atoms with Crippen LogP contribution in [0.15, 0.2) is 18.2 Å². The summed E-state index contributed by atoms with van der Waals surface area (Å²) in [5.74, 6) is 1.07. The van der Waals surface area contributed by atoms with Crippen molar-refractivity contribution in [1.29, 1.82) is 0 Å². The first-order valence-electron chi connectivity index (χ1n) is 5.37. The van der Waals surface area contributed by atoms with E-state index in [4.69, 9.17) is 4.74 Å². The Bertz CT molecular complexity index is 361. The molecule has 2 heteroatoms. The lowest BCUT2D eigenvalue weighted by Crippen LogP contribution is -2.37. The molecule has 0 radical (unpaired) electrons. The second-order valence-electron chi connectivity index (χ2n) is 4.29. The van der Waals surface area contributed by atoms with E-state index in [1.165, 1.54) is 30.5 Å². The molecule has 1 N–H and O–H groups in total. The zero-order chi connectivity index (χ0) is 9.54. The zero-order valence-electron chi connectivity index (χ0n) is 8.42. The van der Waals surface area contributed by atoms with Crippen LogP contribution in [-0.2, 0) is 0 Å². The average molecular weight is 189 g/mol. The minimum absolute atomic E-state index is 0.406. The normalized spacial score (nSPS) is 28.6. The number of hydrogen-bond donors (Lipinski definition) is 1. The van der Waals surface area contributed by atoms with Gasteiger partial charge in [0.2, 0.25) is 0 Å². The van der Waals surface area contributed by atoms with Crippen molar-refractivity contribution in [2.45, 2.75) is 38.3 Å². The van der Waals surface area contributed by atoms with Gasteiger partial charge in [-0.15, -0.1) is 0 Å². The maximum absolute atomic E-state index is 6.02. The van der Waals surface area contributed by atoms with Crippen LogP contribution in [0.4, 0.5) is 5.69 Å². The van der Waals surface area contributed by atoms with Crippen LogP contribution in [0.2, 0.25) is 0 Å². The van der Waals surface area contributed by atoms with Crippen LogP contribution in [0.1, 0.15) is 24.8 Å². The molecule has 2 nitrogen and oxygen atoms in total. The highest BCUT2D eigenvalue weighted by atomic mass is 16.5. The average Bonchev–Trinajstić information content (AvgIpc) is 2.62. The summed E-state index contributed by atoms with van der Waals surface area (Å²) in [5, 5.41) is 3.57. The first-order chi connectivity index (χ1) is 6.84. The summed E-state index contributed by atoms with van der Waals surface area (Å²) >= 11 is 0. The van der Waals surface area contributed by atoms with Crippen LogP contribution in [-0.4, -0.2) is 12.1 Å². The van der Waals surface area contributed by atoms with E-state index in [-0.39, 0.29) is 0 Å². The van der Waals surface area contributed by atoms with Gasteiger partial charge in [-0.25, -0.2) is 0 Å². The van der Waals surface area contributed by atoms with E-state index in [0.29, 0.717) is 12.1 Å². The van der Waals surface area contributed by atoms with Crippen LogP contribution >= 0.6 is 0 Å². The molecular weight excluding hydrogens is 174 g/mol. The van der Waals surface area contributed by atoms with Crippen molar-refractivity contribution >= 4 is 5.69 Å². The van der Waals surface area contributed by atoms with Crippen LogP contribution < -0.4 is 10.1 Å². The summed E-state index contributed by atoms with van der Waals surface area (Å²) in [6, 6.07) is 6.84. The Morgan fingerprint density at radius 1 is 1.36 bits per heavy atom. The summed E-state index contributed by atoms with van der Waals surface area (Å²) in [6.45, 7) is 2.11. The first-order valence-corrected chi connectivity index (χ1v) is 5.37. The Morgan fingerprint density at radius 2 is 2.29 bits per heavy atom. The number of nitrogens with one attached hydrogen (secondary N) is 1. The van der Waals surface area contributed by atoms with Crippen molar-refractivity contribution in [3.63, 3.8) is 0 Å². The number of para-hydroxylation sites is 1. The van der Waals surface area contributed by atoms with E-state index in [9.17, 15) is 0 Å². The zero-order valence-corrected chi connectivity index (χ0v) is 8.42. The third-order valence-electron chi connectivity index (χ3n) is 3.27. The van der Waals surface area contributed by atoms with E-state index < -0.39 is 0 Å². The number of benzene rings is 1. The van der Waals surface area contributed by atoms with Crippen molar-refractivity contribution in [2.24, 2.45) is 0 Å². The topological polar surface area (TPSA) is 21.3 Å². The number of hydrogen-bond acceptors (Lipinski definition) is 2. The molecular formula is C12H15NO. The number of rotatable bonds is 0. The Labute approximate surface area is 84.3 Å². The smallest absolute Gasteiger partial charge is 0.145 e. The molecule has 0 spiro atoms. The van der Waals surface area contributed by atoms with Crippen molar-refractivity contribution in [3.05, 3.63) is 23.8 Å². The molecule has 1 saturated carbocycles. The Balaban J connectivity index is 2.01. The minimum Gasteiger partial charge on any atom is -0.486 e. The van der Waals surface area contributed by atoms with Gasteiger partial charge in [-0.05, 0) is 37.8 Å². The molecule has 14 heavy (non-hydrogen) atoms. The van der Waals surface area contributed by atoms with Crippen molar-refractivity contribution in [1.82, 2.24) is 0 Å². The van der Waals surface area contributed by atoms with Crippen molar-refractivity contribution < 1.29 is 4.74 Å². The molecule has 1 aromatic rings. The lowest BCUT2D eigenvalue weighted by atomic mass is 10.1. The predicted octanol–water partition coefficient (Wildman–Crippen LogP) is 2.72. The van der Waals surface area contributed by atoms with Gasteiger partial charge < -0.3 is 10.1 Å². The SMILES string of the molecule is Cc1cccc2c1OC1CCCC1N2. The lowest BCUT2D eigenvalue weighted by molar-refractivity contribution is 0.187. The van der Waals surface area contributed by atoms with E-state index in [1.54, 1.807) is 0 Å². The molecule has 74 valence electrons. The fourth-order valence-electron chi connectivity index (χ4n) is 2.51. The van der Waals surface area contributed by atoms with E-state index >= 15 is 0 Å². The van der Waals surface area contributed by atoms with Gasteiger partial charge in [0, 0.05) is 0 Å². The fraction of sp³-hybridized carbons (Fsp3) is 0.500. The monoisotopic (exact) mass is 189 g/mol. The van der Waals surface area contributed by atoms with Gasteiger partial charge in [-0.2, -0.15) is 0 Å². The summed E-state index contributed by atoms with van der Waals surface area (Å²) in [7, 11) is 0. The molecule has 0 bridgehead atoms. The predicted molar refractivity (Wildman–Crippen MR) is 56.9 cm³/mol. The third-order valence-corrected chi connectivity index (χ3v) is 3.27. The minimum atomic E-state index is 0.406. The Kier molecular flexibility index (Phi) is 1.69. The molecule has 1 fully saturated rings. The second-order valence-corrected chi connectivity index (χ2v) is 4.29. The molecule has 0 amide bonds. The highest BCUT2D eigenvalue weighted by molar-refractivity contribution is 5.62. The first kappa shape index (κ1) is 8.16. The molecule has 2 atom stereocenters. The second kappa shape index (κ2) is 2.91. The molecule has 1 aliphatic heterocycles. The maximum atomic E-state index is 6.02. The molecule has 1 aliphatic carbocycles. The summed E-state index contributed by atoms with van der Waals surface area (Å²) < 4.78 is 6.02. The van der Waals surface area contributed by atoms with E-state index in [2.05, 4.69) is 30.4 Å². The molecule has 3 rings (SSSR count). The highest BCUT2D eigenvalue weighted by Gasteiger charge is 2.33. The van der Waals surface area contributed by atoms with Crippen LogP contribution in [0, 0.1) is 6.92 Å². The van der Waals surface area contributed by atoms with Gasteiger partial charge in [0.1, 0.15) is 11.9 Å². The number of fused-ring (bicyclic) bond motifs is 2. The fourth-order valence-corrected chi connectivity index (χ4v) is 2.51. The summed E-state index contributed by atoms with van der Waals surface area (Å²) in [6.07, 6.45) is 4.14. The van der Waals surface area contributed by atoms with Crippen LogP contribution in [0.5, 0.6) is 5.75 Å². The largest absolute Gasteiger partial charge is 0.486 e. The maximum Gasteiger partial charge on any atom is 0.145 e. The Hall–Kier alpha value is -1.18. The summed E-state index contributed by atoms with van der Waals surface area (Å²) in [5.41, 5.74) is 2.41. The van der Waals surface area contributed by atoms with Gasteiger partial charge in [0.25, 0.3) is 0 Å². The number of ether oxygens (including phenoxy) is 1. The van der Waals surface area contributed by atoms with E-state index in [1.807, 2.05) is 0 Å². The molecule has 1 heterocycles. The highest BCUT2D eigenvalue weighted by Crippen LogP contribution is 2.38. The summed E-state index contributed by atoms with van der Waals surface area (Å²) in [4.78, 5) is 0. The van der Waals surface area contributed by atoms with Gasteiger partial charge in [-0.3, -0.25) is 0 Å². The van der Waals surface area contributed by atoms with E-state index in [0.717, 1.165) is 5.75 Å². The van der Waals surface area contributed by atoms with Gasteiger partial charge in [0.05, 0.1) is 11.7 Å². The lowest BCUT2D eigenvalue weighted by Gasteiger charge is -2.31. The van der Waals surface area contributed by atoms with Crippen LogP contribution in [0.3, 0.4) is 0 Å². The Morgan fingerprint density at radius 3 is 3.21 bits per heavy atom. The van der Waals surface area contributed by atoms with Crippen molar-refractivity contribution in [2.75, 3.05) is 5.32 Å². The number of anilines is 1. The molecule has 1 aromatic carbocycles. The van der Waals surface area contributed by atoms with Gasteiger partial charge in [0.15, 0.2) is 0 Å². The standard InChI is InChI=1S/C12H15NO/c1-8-4-2-6-10-12(8)14-11-7-3-5-9(11)13-10/h2,4,6,9,11,13H,3,5,7H2,1H3. The van der Waals surface area contributed by atoms with Gasteiger partial charge >= 0.3 is 0 Å². The molecule has 0 aromatic heterocycles. The molecule has 2 unspecified atom stereocenters. The molecule has 2 aliphatic rings. The quantitative estimate of drug-likeness (QED) is 0.677. The number of aryl methyl sites for hydroxylation is 1. The third kappa shape index (κ3) is 1.10. The van der Waals surface area contributed by atoms with Crippen LogP contribution in [0.25, 0.3) is 0 Å². The van der Waals surface area contributed by atoms with Crippen molar-refractivity contribution in [3.8, 4) is 5.75 Å².